The number of halogens is 2. The van der Waals surface area contributed by atoms with E-state index in [0.29, 0.717) is 13.1 Å². The SMILES string of the molecule is CC(CNCc1ccc(F)cc1Br)S(C)=O. The van der Waals surface area contributed by atoms with Crippen LogP contribution in [0.25, 0.3) is 0 Å². The number of benzene rings is 1. The van der Waals surface area contributed by atoms with E-state index in [2.05, 4.69) is 21.2 Å². The van der Waals surface area contributed by atoms with Crippen molar-refractivity contribution in [3.05, 3.63) is 34.1 Å². The molecule has 1 rings (SSSR count). The van der Waals surface area contributed by atoms with Crippen molar-refractivity contribution in [1.29, 1.82) is 0 Å². The molecule has 0 saturated heterocycles. The minimum absolute atomic E-state index is 0.124. The second kappa shape index (κ2) is 6.47. The lowest BCUT2D eigenvalue weighted by Crippen LogP contribution is -2.27. The van der Waals surface area contributed by atoms with Crippen molar-refractivity contribution >= 4 is 26.7 Å². The van der Waals surface area contributed by atoms with Crippen LogP contribution in [0.3, 0.4) is 0 Å². The molecule has 0 spiro atoms. The van der Waals surface area contributed by atoms with E-state index in [0.717, 1.165) is 10.0 Å². The largest absolute Gasteiger partial charge is 0.311 e. The summed E-state index contributed by atoms with van der Waals surface area (Å²) in [6.45, 7) is 3.26. The standard InChI is InChI=1S/C11H15BrFNOS/c1-8(16(2)15)6-14-7-9-3-4-10(13)5-11(9)12/h3-5,8,14H,6-7H2,1-2H3. The van der Waals surface area contributed by atoms with Gasteiger partial charge in [0.1, 0.15) is 5.82 Å². The normalized spacial score (nSPS) is 14.8. The zero-order chi connectivity index (χ0) is 12.1. The summed E-state index contributed by atoms with van der Waals surface area (Å²) < 4.78 is 24.7. The highest BCUT2D eigenvalue weighted by molar-refractivity contribution is 9.10. The molecule has 2 nitrogen and oxygen atoms in total. The molecule has 0 bridgehead atoms. The van der Waals surface area contributed by atoms with Crippen LogP contribution in [0, 0.1) is 5.82 Å². The van der Waals surface area contributed by atoms with Gasteiger partial charge in [0.15, 0.2) is 0 Å². The highest BCUT2D eigenvalue weighted by Crippen LogP contribution is 2.17. The molecule has 1 aromatic carbocycles. The maximum absolute atomic E-state index is 12.8. The van der Waals surface area contributed by atoms with Crippen molar-refractivity contribution in [2.24, 2.45) is 0 Å². The molecule has 1 N–H and O–H groups in total. The van der Waals surface area contributed by atoms with Crippen LogP contribution in [0.5, 0.6) is 0 Å². The van der Waals surface area contributed by atoms with E-state index in [9.17, 15) is 8.60 Å². The monoisotopic (exact) mass is 307 g/mol. The Morgan fingerprint density at radius 2 is 2.25 bits per heavy atom. The van der Waals surface area contributed by atoms with E-state index >= 15 is 0 Å². The third-order valence-electron chi connectivity index (χ3n) is 2.33. The summed E-state index contributed by atoms with van der Waals surface area (Å²) in [6, 6.07) is 4.61. The Labute approximate surface area is 106 Å². The van der Waals surface area contributed by atoms with E-state index in [1.165, 1.54) is 12.1 Å². The van der Waals surface area contributed by atoms with Crippen molar-refractivity contribution < 1.29 is 8.60 Å². The van der Waals surface area contributed by atoms with Gasteiger partial charge in [0.2, 0.25) is 0 Å². The first-order chi connectivity index (χ1) is 7.50. The van der Waals surface area contributed by atoms with Crippen LogP contribution in [0.2, 0.25) is 0 Å². The van der Waals surface area contributed by atoms with Gasteiger partial charge >= 0.3 is 0 Å². The maximum Gasteiger partial charge on any atom is 0.124 e. The number of hydrogen-bond donors (Lipinski definition) is 1. The van der Waals surface area contributed by atoms with Gasteiger partial charge in [0.05, 0.1) is 0 Å². The molecule has 2 unspecified atom stereocenters. The predicted molar refractivity (Wildman–Crippen MR) is 69.3 cm³/mol. The minimum atomic E-state index is -0.811. The molecule has 0 heterocycles. The first kappa shape index (κ1) is 13.8. The Kier molecular flexibility index (Phi) is 5.58. The molecule has 0 fully saturated rings. The van der Waals surface area contributed by atoms with E-state index in [1.54, 1.807) is 12.3 Å². The molecule has 16 heavy (non-hydrogen) atoms. The first-order valence-electron chi connectivity index (χ1n) is 4.97. The van der Waals surface area contributed by atoms with Gasteiger partial charge in [-0.05, 0) is 24.6 Å². The molecule has 0 aliphatic rings. The fourth-order valence-corrected chi connectivity index (χ4v) is 2.04. The van der Waals surface area contributed by atoms with Crippen LogP contribution >= 0.6 is 15.9 Å². The Bertz CT molecular complexity index is 386. The van der Waals surface area contributed by atoms with Crippen LogP contribution in [0.15, 0.2) is 22.7 Å². The molecular weight excluding hydrogens is 293 g/mol. The van der Waals surface area contributed by atoms with Gasteiger partial charge in [-0.15, -0.1) is 0 Å². The lowest BCUT2D eigenvalue weighted by Gasteiger charge is -2.10. The van der Waals surface area contributed by atoms with Crippen molar-refractivity contribution in [3.63, 3.8) is 0 Å². The van der Waals surface area contributed by atoms with E-state index in [1.807, 2.05) is 6.92 Å². The summed E-state index contributed by atoms with van der Waals surface area (Å²) in [5.41, 5.74) is 0.996. The molecule has 0 amide bonds. The van der Waals surface area contributed by atoms with Crippen LogP contribution in [-0.2, 0) is 17.3 Å². The van der Waals surface area contributed by atoms with E-state index in [-0.39, 0.29) is 11.1 Å². The summed E-state index contributed by atoms with van der Waals surface area (Å²) in [5.74, 6) is -0.251. The zero-order valence-corrected chi connectivity index (χ0v) is 11.7. The van der Waals surface area contributed by atoms with Gasteiger partial charge in [0, 0.05) is 39.9 Å². The Morgan fingerprint density at radius 1 is 1.56 bits per heavy atom. The third-order valence-corrected chi connectivity index (χ3v) is 4.37. The molecule has 1 aromatic rings. The molecule has 0 saturated carbocycles. The van der Waals surface area contributed by atoms with Crippen LogP contribution < -0.4 is 5.32 Å². The molecule has 0 aliphatic carbocycles. The smallest absolute Gasteiger partial charge is 0.124 e. The third kappa shape index (κ3) is 4.31. The fourth-order valence-electron chi connectivity index (χ4n) is 1.19. The Morgan fingerprint density at radius 3 is 2.81 bits per heavy atom. The second-order valence-electron chi connectivity index (χ2n) is 3.68. The molecule has 0 aliphatic heterocycles. The topological polar surface area (TPSA) is 29.1 Å². The predicted octanol–water partition coefficient (Wildman–Crippen LogP) is 2.44. The highest BCUT2D eigenvalue weighted by atomic mass is 79.9. The van der Waals surface area contributed by atoms with E-state index < -0.39 is 10.8 Å². The number of hydrogen-bond acceptors (Lipinski definition) is 2. The lowest BCUT2D eigenvalue weighted by molar-refractivity contribution is 0.622. The molecule has 90 valence electrons. The van der Waals surface area contributed by atoms with Gasteiger partial charge < -0.3 is 5.32 Å². The van der Waals surface area contributed by atoms with Gasteiger partial charge in [-0.1, -0.05) is 22.0 Å². The quantitative estimate of drug-likeness (QED) is 0.905. The first-order valence-corrected chi connectivity index (χ1v) is 7.39. The Balaban J connectivity index is 2.46. The Hall–Kier alpha value is -0.260. The highest BCUT2D eigenvalue weighted by Gasteiger charge is 2.06. The fraction of sp³-hybridized carbons (Fsp3) is 0.455. The van der Waals surface area contributed by atoms with Gasteiger partial charge in [0.25, 0.3) is 0 Å². The average molecular weight is 308 g/mol. The molecular formula is C11H15BrFNOS. The van der Waals surface area contributed by atoms with Crippen molar-refractivity contribution in [3.8, 4) is 0 Å². The molecule has 0 radical (unpaired) electrons. The number of nitrogens with one attached hydrogen (secondary N) is 1. The second-order valence-corrected chi connectivity index (χ2v) is 6.33. The van der Waals surface area contributed by atoms with Gasteiger partial charge in [-0.3, -0.25) is 4.21 Å². The van der Waals surface area contributed by atoms with Crippen LogP contribution in [0.1, 0.15) is 12.5 Å². The molecule has 5 heteroatoms. The minimum Gasteiger partial charge on any atom is -0.311 e. The average Bonchev–Trinajstić information content (AvgIpc) is 2.20. The van der Waals surface area contributed by atoms with Crippen molar-refractivity contribution in [2.45, 2.75) is 18.7 Å². The molecule has 2 atom stereocenters. The van der Waals surface area contributed by atoms with Crippen molar-refractivity contribution in [1.82, 2.24) is 5.32 Å². The van der Waals surface area contributed by atoms with Crippen molar-refractivity contribution in [2.75, 3.05) is 12.8 Å². The zero-order valence-electron chi connectivity index (χ0n) is 9.30. The summed E-state index contributed by atoms with van der Waals surface area (Å²) in [6.07, 6.45) is 1.69. The van der Waals surface area contributed by atoms with E-state index in [4.69, 9.17) is 0 Å². The summed E-state index contributed by atoms with van der Waals surface area (Å²) in [7, 11) is -0.811. The lowest BCUT2D eigenvalue weighted by atomic mass is 10.2. The number of rotatable bonds is 5. The maximum atomic E-state index is 12.8. The van der Waals surface area contributed by atoms with Gasteiger partial charge in [-0.25, -0.2) is 4.39 Å². The van der Waals surface area contributed by atoms with Crippen LogP contribution in [0.4, 0.5) is 4.39 Å². The molecule has 0 aromatic heterocycles. The van der Waals surface area contributed by atoms with Gasteiger partial charge in [-0.2, -0.15) is 0 Å². The summed E-state index contributed by atoms with van der Waals surface area (Å²) in [4.78, 5) is 0. The van der Waals surface area contributed by atoms with Crippen LogP contribution in [-0.4, -0.2) is 22.3 Å². The summed E-state index contributed by atoms with van der Waals surface area (Å²) in [5, 5.41) is 3.32. The summed E-state index contributed by atoms with van der Waals surface area (Å²) >= 11 is 3.30.